The van der Waals surface area contributed by atoms with Gasteiger partial charge in [-0.15, -0.1) is 0 Å². The van der Waals surface area contributed by atoms with E-state index in [1.54, 1.807) is 7.11 Å². The molecule has 1 aromatic carbocycles. The largest absolute Gasteiger partial charge is 0.497 e. The van der Waals surface area contributed by atoms with Gasteiger partial charge in [0.1, 0.15) is 15.6 Å². The molecule has 0 aliphatic carbocycles. The number of hydrogen-bond donors (Lipinski definition) is 0. The third-order valence-corrected chi connectivity index (χ3v) is 4.96. The summed E-state index contributed by atoms with van der Waals surface area (Å²) in [6.45, 7) is 6.31. The molecule has 1 aromatic rings. The molecule has 0 bridgehead atoms. The highest BCUT2D eigenvalue weighted by Gasteiger charge is 2.13. The number of hydrogen-bond acceptors (Lipinski definition) is 4. The zero-order valence-corrected chi connectivity index (χ0v) is 15.0. The number of unbranched alkanes of at least 4 members (excludes halogenated alkanes) is 1. The molecule has 0 aliphatic heterocycles. The molecule has 0 N–H and O–H groups in total. The lowest BCUT2D eigenvalue weighted by molar-refractivity contribution is 0.215. The molecule has 0 radical (unpaired) electrons. The molecule has 0 aromatic heterocycles. The van der Waals surface area contributed by atoms with E-state index >= 15 is 0 Å². The van der Waals surface area contributed by atoms with Crippen molar-refractivity contribution in [3.05, 3.63) is 29.8 Å². The van der Waals surface area contributed by atoms with Crippen LogP contribution in [0.1, 0.15) is 32.3 Å². The first-order valence-corrected chi connectivity index (χ1v) is 9.96. The van der Waals surface area contributed by atoms with Crippen LogP contribution in [0.25, 0.3) is 0 Å². The lowest BCUT2D eigenvalue weighted by Crippen LogP contribution is -2.35. The second-order valence-electron chi connectivity index (χ2n) is 5.87. The quantitative estimate of drug-likeness (QED) is 0.620. The highest BCUT2D eigenvalue weighted by atomic mass is 32.2. The van der Waals surface area contributed by atoms with E-state index in [1.807, 2.05) is 12.1 Å². The Bertz CT molecular complexity index is 525. The molecular formula is C17H29NO3S. The van der Waals surface area contributed by atoms with Crippen molar-refractivity contribution in [2.75, 3.05) is 32.2 Å². The standard InChI is InChI=1S/C17H29NO3S/c1-5-18(12-6-7-13-22(4,19)20)15(2)14-16-8-10-17(21-3)11-9-16/h8-11,15H,5-7,12-14H2,1-4H3. The smallest absolute Gasteiger partial charge is 0.147 e. The first-order valence-electron chi connectivity index (χ1n) is 7.90. The summed E-state index contributed by atoms with van der Waals surface area (Å²) < 4.78 is 27.5. The maximum absolute atomic E-state index is 11.1. The average molecular weight is 327 g/mol. The SMILES string of the molecule is CCN(CCCCS(C)(=O)=O)C(C)Cc1ccc(OC)cc1. The number of ether oxygens (including phenoxy) is 1. The van der Waals surface area contributed by atoms with Crippen LogP contribution < -0.4 is 4.74 Å². The van der Waals surface area contributed by atoms with E-state index in [1.165, 1.54) is 11.8 Å². The van der Waals surface area contributed by atoms with Crippen LogP contribution in [0.5, 0.6) is 5.75 Å². The fraction of sp³-hybridized carbons (Fsp3) is 0.647. The van der Waals surface area contributed by atoms with Crippen molar-refractivity contribution in [2.45, 2.75) is 39.2 Å². The Balaban J connectivity index is 2.44. The van der Waals surface area contributed by atoms with Crippen molar-refractivity contribution >= 4 is 9.84 Å². The van der Waals surface area contributed by atoms with E-state index in [4.69, 9.17) is 4.74 Å². The number of methoxy groups -OCH3 is 1. The lowest BCUT2D eigenvalue weighted by atomic mass is 10.1. The van der Waals surface area contributed by atoms with Crippen LogP contribution in [-0.4, -0.2) is 51.6 Å². The van der Waals surface area contributed by atoms with Gasteiger partial charge in [-0.05, 0) is 57.0 Å². The molecule has 0 saturated heterocycles. The first-order chi connectivity index (χ1) is 10.4. The minimum absolute atomic E-state index is 0.289. The average Bonchev–Trinajstić information content (AvgIpc) is 2.47. The van der Waals surface area contributed by atoms with Gasteiger partial charge in [-0.1, -0.05) is 19.1 Å². The third-order valence-electron chi connectivity index (χ3n) is 3.93. The summed E-state index contributed by atoms with van der Waals surface area (Å²) in [5.74, 6) is 1.17. The fourth-order valence-electron chi connectivity index (χ4n) is 2.60. The van der Waals surface area contributed by atoms with E-state index in [-0.39, 0.29) is 5.75 Å². The number of benzene rings is 1. The van der Waals surface area contributed by atoms with Crippen molar-refractivity contribution in [3.8, 4) is 5.75 Å². The van der Waals surface area contributed by atoms with Gasteiger partial charge in [0.2, 0.25) is 0 Å². The van der Waals surface area contributed by atoms with Gasteiger partial charge in [0.15, 0.2) is 0 Å². The van der Waals surface area contributed by atoms with Crippen molar-refractivity contribution in [1.82, 2.24) is 4.90 Å². The lowest BCUT2D eigenvalue weighted by Gasteiger charge is -2.28. The maximum Gasteiger partial charge on any atom is 0.147 e. The molecule has 0 saturated carbocycles. The Kier molecular flexibility index (Phi) is 7.90. The maximum atomic E-state index is 11.1. The zero-order chi connectivity index (χ0) is 16.6. The Morgan fingerprint density at radius 2 is 1.82 bits per heavy atom. The van der Waals surface area contributed by atoms with E-state index < -0.39 is 9.84 Å². The van der Waals surface area contributed by atoms with Crippen LogP contribution in [-0.2, 0) is 16.3 Å². The van der Waals surface area contributed by atoms with Gasteiger partial charge >= 0.3 is 0 Å². The predicted octanol–water partition coefficient (Wildman–Crippen LogP) is 2.77. The Morgan fingerprint density at radius 1 is 1.18 bits per heavy atom. The molecule has 5 heteroatoms. The van der Waals surface area contributed by atoms with E-state index in [0.717, 1.165) is 38.1 Å². The van der Waals surface area contributed by atoms with Crippen LogP contribution in [0.2, 0.25) is 0 Å². The minimum atomic E-state index is -2.83. The highest BCUT2D eigenvalue weighted by molar-refractivity contribution is 7.90. The summed E-state index contributed by atoms with van der Waals surface area (Å²) in [6, 6.07) is 8.63. The molecule has 4 nitrogen and oxygen atoms in total. The predicted molar refractivity (Wildman–Crippen MR) is 92.4 cm³/mol. The first kappa shape index (κ1) is 19.0. The molecule has 126 valence electrons. The van der Waals surface area contributed by atoms with Gasteiger partial charge in [-0.3, -0.25) is 0 Å². The summed E-state index contributed by atoms with van der Waals surface area (Å²) >= 11 is 0. The van der Waals surface area contributed by atoms with Gasteiger partial charge in [0, 0.05) is 18.1 Å². The molecule has 0 aliphatic rings. The van der Waals surface area contributed by atoms with E-state index in [2.05, 4.69) is 30.9 Å². The van der Waals surface area contributed by atoms with Crippen LogP contribution in [0, 0.1) is 0 Å². The van der Waals surface area contributed by atoms with Crippen LogP contribution in [0.3, 0.4) is 0 Å². The summed E-state index contributed by atoms with van der Waals surface area (Å²) in [4.78, 5) is 2.41. The Labute approximate surface area is 135 Å². The van der Waals surface area contributed by atoms with Crippen LogP contribution in [0.4, 0.5) is 0 Å². The van der Waals surface area contributed by atoms with Crippen molar-refractivity contribution in [1.29, 1.82) is 0 Å². The second-order valence-corrected chi connectivity index (χ2v) is 8.13. The molecule has 1 atom stereocenters. The monoisotopic (exact) mass is 327 g/mol. The number of sulfone groups is 1. The molecule has 1 rings (SSSR count). The Hall–Kier alpha value is -1.07. The molecule has 0 fully saturated rings. The number of likely N-dealkylation sites (N-methyl/N-ethyl adjacent to an activating group) is 1. The fourth-order valence-corrected chi connectivity index (χ4v) is 3.33. The highest BCUT2D eigenvalue weighted by Crippen LogP contribution is 2.15. The minimum Gasteiger partial charge on any atom is -0.497 e. The van der Waals surface area contributed by atoms with Gasteiger partial charge in [0.25, 0.3) is 0 Å². The number of nitrogens with zero attached hydrogens (tertiary/aromatic N) is 1. The van der Waals surface area contributed by atoms with E-state index in [0.29, 0.717) is 6.04 Å². The van der Waals surface area contributed by atoms with Gasteiger partial charge in [-0.25, -0.2) is 8.42 Å². The summed E-state index contributed by atoms with van der Waals surface area (Å²) in [6.07, 6.45) is 3.96. The molecule has 1 unspecified atom stereocenters. The van der Waals surface area contributed by atoms with Crippen molar-refractivity contribution < 1.29 is 13.2 Å². The zero-order valence-electron chi connectivity index (χ0n) is 14.2. The third kappa shape index (κ3) is 7.27. The van der Waals surface area contributed by atoms with Crippen LogP contribution >= 0.6 is 0 Å². The van der Waals surface area contributed by atoms with Crippen molar-refractivity contribution in [3.63, 3.8) is 0 Å². The summed E-state index contributed by atoms with van der Waals surface area (Å²) in [7, 11) is -1.16. The van der Waals surface area contributed by atoms with Crippen molar-refractivity contribution in [2.24, 2.45) is 0 Å². The molecule has 0 heterocycles. The van der Waals surface area contributed by atoms with E-state index in [9.17, 15) is 8.42 Å². The summed E-state index contributed by atoms with van der Waals surface area (Å²) in [5.41, 5.74) is 1.29. The molecule has 22 heavy (non-hydrogen) atoms. The van der Waals surface area contributed by atoms with Gasteiger partial charge in [-0.2, -0.15) is 0 Å². The normalized spacial score (nSPS) is 13.3. The van der Waals surface area contributed by atoms with Gasteiger partial charge < -0.3 is 9.64 Å². The summed E-state index contributed by atoms with van der Waals surface area (Å²) in [5, 5.41) is 0. The molecule has 0 amide bonds. The number of rotatable bonds is 10. The van der Waals surface area contributed by atoms with Crippen LogP contribution in [0.15, 0.2) is 24.3 Å². The second kappa shape index (κ2) is 9.16. The van der Waals surface area contributed by atoms with Gasteiger partial charge in [0.05, 0.1) is 7.11 Å². The Morgan fingerprint density at radius 3 is 2.32 bits per heavy atom. The molecule has 0 spiro atoms. The topological polar surface area (TPSA) is 46.6 Å². The molecular weight excluding hydrogens is 298 g/mol.